The second kappa shape index (κ2) is 6.96. The van der Waals surface area contributed by atoms with Gasteiger partial charge >= 0.3 is 7.82 Å². The molecule has 3 aliphatic heterocycles. The number of phosphoric ester groups is 1. The molecule has 11 heteroatoms. The molecule has 2 bridgehead atoms. The van der Waals surface area contributed by atoms with Crippen molar-refractivity contribution >= 4 is 25.5 Å². The summed E-state index contributed by atoms with van der Waals surface area (Å²) in [5.41, 5.74) is -0.990. The highest BCUT2D eigenvalue weighted by molar-refractivity contribution is 7.46. The first kappa shape index (κ1) is 19.9. The number of hydrogen-bond donors (Lipinski definition) is 3. The SMILES string of the molecule is C=C(C)C(=O)NCCCN1C(=O)C2C3C=CC(COP(=O)(O)O)(O3)C2C1=O. The van der Waals surface area contributed by atoms with Crippen LogP contribution in [0.1, 0.15) is 13.3 Å². The van der Waals surface area contributed by atoms with E-state index in [1.54, 1.807) is 13.0 Å². The minimum atomic E-state index is -4.75. The van der Waals surface area contributed by atoms with Crippen LogP contribution in [0.15, 0.2) is 24.3 Å². The number of phosphoric acid groups is 1. The third kappa shape index (κ3) is 3.63. The van der Waals surface area contributed by atoms with Crippen LogP contribution in [0.5, 0.6) is 0 Å². The maximum absolute atomic E-state index is 12.8. The summed E-state index contributed by atoms with van der Waals surface area (Å²) >= 11 is 0. The van der Waals surface area contributed by atoms with Gasteiger partial charge in [0, 0.05) is 18.7 Å². The van der Waals surface area contributed by atoms with Crippen LogP contribution in [0.4, 0.5) is 0 Å². The average molecular weight is 400 g/mol. The molecular formula is C16H21N2O8P. The molecule has 4 atom stereocenters. The van der Waals surface area contributed by atoms with Gasteiger partial charge in [0.15, 0.2) is 0 Å². The van der Waals surface area contributed by atoms with Gasteiger partial charge in [-0.1, -0.05) is 18.7 Å². The first-order valence-electron chi connectivity index (χ1n) is 8.42. The number of nitrogens with zero attached hydrogens (tertiary/aromatic N) is 1. The lowest BCUT2D eigenvalue weighted by atomic mass is 9.77. The molecule has 27 heavy (non-hydrogen) atoms. The van der Waals surface area contributed by atoms with Gasteiger partial charge in [-0.2, -0.15) is 0 Å². The van der Waals surface area contributed by atoms with Gasteiger partial charge in [-0.05, 0) is 13.3 Å². The zero-order chi connectivity index (χ0) is 20.0. The summed E-state index contributed by atoms with van der Waals surface area (Å²) < 4.78 is 21.3. The molecule has 0 aromatic heterocycles. The monoisotopic (exact) mass is 400 g/mol. The number of hydrogen-bond acceptors (Lipinski definition) is 6. The van der Waals surface area contributed by atoms with E-state index in [0.717, 1.165) is 4.90 Å². The Bertz CT molecular complexity index is 774. The number of rotatable bonds is 8. The Labute approximate surface area is 155 Å². The van der Waals surface area contributed by atoms with E-state index in [4.69, 9.17) is 14.5 Å². The van der Waals surface area contributed by atoms with E-state index in [-0.39, 0.29) is 24.9 Å². The van der Waals surface area contributed by atoms with Crippen molar-refractivity contribution < 1.29 is 38.0 Å². The Morgan fingerprint density at radius 2 is 2.15 bits per heavy atom. The van der Waals surface area contributed by atoms with Crippen molar-refractivity contribution in [1.82, 2.24) is 10.2 Å². The number of imide groups is 1. The molecule has 0 radical (unpaired) electrons. The number of likely N-dealkylation sites (tertiary alicyclic amines) is 1. The van der Waals surface area contributed by atoms with E-state index in [2.05, 4.69) is 16.4 Å². The molecule has 2 saturated heterocycles. The smallest absolute Gasteiger partial charge is 0.359 e. The fourth-order valence-corrected chi connectivity index (χ4v) is 4.09. The van der Waals surface area contributed by atoms with Gasteiger partial charge in [-0.25, -0.2) is 4.57 Å². The second-order valence-electron chi connectivity index (χ2n) is 6.88. The predicted molar refractivity (Wildman–Crippen MR) is 90.9 cm³/mol. The maximum atomic E-state index is 12.8. The van der Waals surface area contributed by atoms with E-state index >= 15 is 0 Å². The maximum Gasteiger partial charge on any atom is 0.469 e. The quantitative estimate of drug-likeness (QED) is 0.163. The van der Waals surface area contributed by atoms with Crippen LogP contribution in [0.3, 0.4) is 0 Å². The highest BCUT2D eigenvalue weighted by Gasteiger charge is 2.67. The van der Waals surface area contributed by atoms with Crippen molar-refractivity contribution in [3.8, 4) is 0 Å². The highest BCUT2D eigenvalue weighted by Crippen LogP contribution is 2.53. The zero-order valence-corrected chi connectivity index (χ0v) is 15.6. The van der Waals surface area contributed by atoms with Gasteiger partial charge < -0.3 is 19.8 Å². The lowest BCUT2D eigenvalue weighted by Gasteiger charge is -2.28. The lowest BCUT2D eigenvalue weighted by molar-refractivity contribution is -0.145. The second-order valence-corrected chi connectivity index (χ2v) is 8.12. The summed E-state index contributed by atoms with van der Waals surface area (Å²) in [7, 11) is -4.75. The van der Waals surface area contributed by atoms with E-state index in [1.807, 2.05) is 0 Å². The third-order valence-corrected chi connectivity index (χ3v) is 5.40. The summed E-state index contributed by atoms with van der Waals surface area (Å²) in [6.45, 7) is 4.98. The minimum Gasteiger partial charge on any atom is -0.359 e. The van der Waals surface area contributed by atoms with Gasteiger partial charge in [0.2, 0.25) is 17.7 Å². The molecule has 0 aromatic carbocycles. The summed E-state index contributed by atoms with van der Waals surface area (Å²) in [4.78, 5) is 55.9. The number of amides is 3. The van der Waals surface area contributed by atoms with Crippen molar-refractivity contribution in [3.63, 3.8) is 0 Å². The molecule has 3 rings (SSSR count). The number of carbonyl (C=O) groups is 3. The third-order valence-electron chi connectivity index (χ3n) is 4.94. The molecule has 3 heterocycles. The molecule has 2 fully saturated rings. The van der Waals surface area contributed by atoms with Crippen LogP contribution in [-0.2, 0) is 28.2 Å². The number of carbonyl (C=O) groups excluding carboxylic acids is 3. The van der Waals surface area contributed by atoms with Crippen LogP contribution >= 0.6 is 7.82 Å². The minimum absolute atomic E-state index is 0.128. The van der Waals surface area contributed by atoms with Crippen LogP contribution in [-0.4, -0.2) is 63.8 Å². The molecular weight excluding hydrogens is 379 g/mol. The molecule has 4 unspecified atom stereocenters. The molecule has 0 aliphatic carbocycles. The Morgan fingerprint density at radius 3 is 2.78 bits per heavy atom. The molecule has 0 spiro atoms. The summed E-state index contributed by atoms with van der Waals surface area (Å²) in [5.74, 6) is -2.75. The summed E-state index contributed by atoms with van der Waals surface area (Å²) in [6, 6.07) is 0. The lowest BCUT2D eigenvalue weighted by Crippen LogP contribution is -2.44. The number of ether oxygens (including phenoxy) is 1. The van der Waals surface area contributed by atoms with Gasteiger partial charge in [0.05, 0.1) is 24.5 Å². The van der Waals surface area contributed by atoms with Gasteiger partial charge in [-0.15, -0.1) is 0 Å². The van der Waals surface area contributed by atoms with Crippen molar-refractivity contribution in [2.45, 2.75) is 25.0 Å². The predicted octanol–water partition coefficient (Wildman–Crippen LogP) is -0.513. The summed E-state index contributed by atoms with van der Waals surface area (Å²) in [6.07, 6.45) is 2.91. The number of nitrogens with one attached hydrogen (secondary N) is 1. The molecule has 3 N–H and O–H groups in total. The van der Waals surface area contributed by atoms with E-state index in [0.29, 0.717) is 12.0 Å². The van der Waals surface area contributed by atoms with Crippen LogP contribution in [0.25, 0.3) is 0 Å². The Hall–Kier alpha value is -1.84. The largest absolute Gasteiger partial charge is 0.469 e. The molecule has 0 aromatic rings. The van der Waals surface area contributed by atoms with Gasteiger partial charge in [-0.3, -0.25) is 23.8 Å². The Kier molecular flexibility index (Phi) is 5.13. The van der Waals surface area contributed by atoms with Crippen LogP contribution < -0.4 is 5.32 Å². The Balaban J connectivity index is 1.65. The molecule has 10 nitrogen and oxygen atoms in total. The van der Waals surface area contributed by atoms with Crippen molar-refractivity contribution in [2.75, 3.05) is 19.7 Å². The highest BCUT2D eigenvalue weighted by atomic mass is 31.2. The fourth-order valence-electron chi connectivity index (χ4n) is 3.72. The van der Waals surface area contributed by atoms with Crippen LogP contribution in [0.2, 0.25) is 0 Å². The van der Waals surface area contributed by atoms with E-state index < -0.39 is 43.9 Å². The molecule has 148 valence electrons. The van der Waals surface area contributed by atoms with Crippen molar-refractivity contribution in [1.29, 1.82) is 0 Å². The first-order chi connectivity index (χ1) is 12.6. The van der Waals surface area contributed by atoms with Crippen molar-refractivity contribution in [2.24, 2.45) is 11.8 Å². The van der Waals surface area contributed by atoms with E-state index in [1.165, 1.54) is 6.08 Å². The Morgan fingerprint density at radius 1 is 1.44 bits per heavy atom. The van der Waals surface area contributed by atoms with Gasteiger partial charge in [0.25, 0.3) is 0 Å². The molecule has 3 aliphatic rings. The average Bonchev–Trinajstić information content (AvgIpc) is 3.21. The zero-order valence-electron chi connectivity index (χ0n) is 14.7. The van der Waals surface area contributed by atoms with E-state index in [9.17, 15) is 18.9 Å². The molecule has 0 saturated carbocycles. The van der Waals surface area contributed by atoms with Gasteiger partial charge in [0.1, 0.15) is 5.60 Å². The first-order valence-corrected chi connectivity index (χ1v) is 9.95. The van der Waals surface area contributed by atoms with Crippen molar-refractivity contribution in [3.05, 3.63) is 24.3 Å². The summed E-state index contributed by atoms with van der Waals surface area (Å²) in [5, 5.41) is 2.63. The standard InChI is InChI=1S/C16H21N2O8P/c1-9(2)13(19)17-6-3-7-18-14(20)11-10-4-5-16(26-10,12(11)15(18)21)8-25-27(22,23)24/h4-5,10-12H,1,3,6-8H2,2H3,(H,17,19)(H2,22,23,24). The molecule has 3 amide bonds. The van der Waals surface area contributed by atoms with Crippen LogP contribution in [0, 0.1) is 11.8 Å². The number of fused-ring (bicyclic) bond motifs is 5. The fraction of sp³-hybridized carbons (Fsp3) is 0.562. The topological polar surface area (TPSA) is 142 Å². The normalized spacial score (nSPS) is 31.5.